The largest absolute Gasteiger partial charge is 0.391 e. The smallest absolute Gasteiger partial charge is 0.309 e. The quantitative estimate of drug-likeness (QED) is 0.713. The van der Waals surface area contributed by atoms with Gasteiger partial charge in [-0.1, -0.05) is 24.9 Å². The highest BCUT2D eigenvalue weighted by molar-refractivity contribution is 7.16. The summed E-state index contributed by atoms with van der Waals surface area (Å²) >= 11 is 7.46. The van der Waals surface area contributed by atoms with Crippen molar-refractivity contribution in [2.45, 2.75) is 51.2 Å². The third-order valence-electron chi connectivity index (χ3n) is 4.16. The van der Waals surface area contributed by atoms with E-state index in [4.69, 9.17) is 11.6 Å². The summed E-state index contributed by atoms with van der Waals surface area (Å²) in [5.41, 5.74) is 0. The molecule has 1 fully saturated rings. The predicted octanol–water partition coefficient (Wildman–Crippen LogP) is 5.81. The van der Waals surface area contributed by atoms with Crippen molar-refractivity contribution in [1.29, 1.82) is 0 Å². The van der Waals surface area contributed by atoms with Gasteiger partial charge in [0.05, 0.1) is 10.3 Å². The molecule has 1 N–H and O–H groups in total. The topological polar surface area (TPSA) is 12.0 Å². The lowest BCUT2D eigenvalue weighted by atomic mass is 9.77. The van der Waals surface area contributed by atoms with E-state index in [2.05, 4.69) is 12.2 Å². The van der Waals surface area contributed by atoms with E-state index in [-0.39, 0.29) is 24.8 Å². The predicted molar refractivity (Wildman–Crippen MR) is 81.9 cm³/mol. The molecule has 1 aliphatic rings. The fourth-order valence-corrected chi connectivity index (χ4v) is 4.35. The molecule has 2 rings (SSSR count). The van der Waals surface area contributed by atoms with Crippen molar-refractivity contribution in [3.63, 3.8) is 0 Å². The van der Waals surface area contributed by atoms with Gasteiger partial charge < -0.3 is 5.32 Å². The molecule has 0 aromatic carbocycles. The standard InChI is InChI=1S/C15H21ClF3NS/c1-2-8-20-14(12-6-7-13(16)21-12)10-4-3-5-11(9-10)15(17,18)19/h6-7,10-11,14,20H,2-5,8-9H2,1H3. The molecule has 3 unspecified atom stereocenters. The lowest BCUT2D eigenvalue weighted by Crippen LogP contribution is -2.35. The van der Waals surface area contributed by atoms with Crippen molar-refractivity contribution >= 4 is 22.9 Å². The van der Waals surface area contributed by atoms with Gasteiger partial charge in [0, 0.05) is 10.9 Å². The summed E-state index contributed by atoms with van der Waals surface area (Å²) in [5.74, 6) is -1.12. The van der Waals surface area contributed by atoms with Crippen molar-refractivity contribution in [3.05, 3.63) is 21.3 Å². The second-order valence-corrected chi connectivity index (χ2v) is 7.49. The average molecular weight is 340 g/mol. The molecule has 21 heavy (non-hydrogen) atoms. The molecule has 1 aliphatic carbocycles. The van der Waals surface area contributed by atoms with E-state index in [1.165, 1.54) is 11.3 Å². The maximum atomic E-state index is 13.0. The lowest BCUT2D eigenvalue weighted by molar-refractivity contribution is -0.186. The van der Waals surface area contributed by atoms with E-state index in [0.717, 1.165) is 24.3 Å². The molecule has 0 aliphatic heterocycles. The lowest BCUT2D eigenvalue weighted by Gasteiger charge is -2.35. The molecule has 0 spiro atoms. The minimum atomic E-state index is -4.07. The van der Waals surface area contributed by atoms with Gasteiger partial charge in [-0.15, -0.1) is 11.3 Å². The summed E-state index contributed by atoms with van der Waals surface area (Å²) in [6, 6.07) is 3.76. The first kappa shape index (κ1) is 17.1. The van der Waals surface area contributed by atoms with Crippen molar-refractivity contribution in [3.8, 4) is 0 Å². The van der Waals surface area contributed by atoms with Crippen LogP contribution in [0.15, 0.2) is 12.1 Å². The van der Waals surface area contributed by atoms with Gasteiger partial charge in [0.1, 0.15) is 0 Å². The Hall–Kier alpha value is -0.260. The number of nitrogens with one attached hydrogen (secondary N) is 1. The van der Waals surface area contributed by atoms with Gasteiger partial charge in [-0.05, 0) is 50.3 Å². The number of thiophene rings is 1. The van der Waals surface area contributed by atoms with Crippen molar-refractivity contribution in [2.24, 2.45) is 11.8 Å². The third-order valence-corrected chi connectivity index (χ3v) is 5.48. The fourth-order valence-electron chi connectivity index (χ4n) is 3.12. The number of alkyl halides is 3. The monoisotopic (exact) mass is 339 g/mol. The van der Waals surface area contributed by atoms with Crippen LogP contribution >= 0.6 is 22.9 Å². The zero-order chi connectivity index (χ0) is 15.5. The van der Waals surface area contributed by atoms with Gasteiger partial charge in [0.25, 0.3) is 0 Å². The zero-order valence-corrected chi connectivity index (χ0v) is 13.6. The van der Waals surface area contributed by atoms with Gasteiger partial charge >= 0.3 is 6.18 Å². The molecule has 0 radical (unpaired) electrons. The molecule has 1 nitrogen and oxygen atoms in total. The first-order valence-corrected chi connectivity index (χ1v) is 8.66. The van der Waals surface area contributed by atoms with Crippen LogP contribution in [0.5, 0.6) is 0 Å². The Labute approximate surface area is 132 Å². The summed E-state index contributed by atoms with van der Waals surface area (Å²) in [7, 11) is 0. The first-order chi connectivity index (χ1) is 9.91. The summed E-state index contributed by atoms with van der Waals surface area (Å²) in [4.78, 5) is 1.06. The molecule has 1 aromatic rings. The van der Waals surface area contributed by atoms with E-state index in [1.807, 2.05) is 12.1 Å². The van der Waals surface area contributed by atoms with E-state index in [0.29, 0.717) is 10.8 Å². The summed E-state index contributed by atoms with van der Waals surface area (Å²) in [6.45, 7) is 2.87. The third kappa shape index (κ3) is 4.60. The van der Waals surface area contributed by atoms with Gasteiger partial charge in [0.2, 0.25) is 0 Å². The summed E-state index contributed by atoms with van der Waals surface area (Å²) in [6.07, 6.45) is -1.11. The number of halogens is 4. The maximum Gasteiger partial charge on any atom is 0.391 e. The highest BCUT2D eigenvalue weighted by atomic mass is 35.5. The molecule has 120 valence electrons. The number of hydrogen-bond acceptors (Lipinski definition) is 2. The minimum absolute atomic E-state index is 0.00685. The van der Waals surface area contributed by atoms with Crippen LogP contribution in [0.25, 0.3) is 0 Å². The van der Waals surface area contributed by atoms with Crippen LogP contribution < -0.4 is 5.32 Å². The van der Waals surface area contributed by atoms with Crippen LogP contribution in [-0.2, 0) is 0 Å². The highest BCUT2D eigenvalue weighted by Gasteiger charge is 2.43. The Bertz CT molecular complexity index is 446. The van der Waals surface area contributed by atoms with E-state index < -0.39 is 12.1 Å². The Kier molecular flexibility index (Phi) is 5.97. The van der Waals surface area contributed by atoms with Gasteiger partial charge in [0.15, 0.2) is 0 Å². The second kappa shape index (κ2) is 7.34. The van der Waals surface area contributed by atoms with Gasteiger partial charge in [-0.2, -0.15) is 13.2 Å². The summed E-state index contributed by atoms with van der Waals surface area (Å²) < 4.78 is 39.7. The molecule has 1 heterocycles. The van der Waals surface area contributed by atoms with Crippen LogP contribution in [0.2, 0.25) is 4.34 Å². The van der Waals surface area contributed by atoms with E-state index in [1.54, 1.807) is 0 Å². The minimum Gasteiger partial charge on any atom is -0.309 e. The molecule has 0 bridgehead atoms. The van der Waals surface area contributed by atoms with Crippen LogP contribution in [0.1, 0.15) is 49.9 Å². The molecular weight excluding hydrogens is 319 g/mol. The van der Waals surface area contributed by atoms with Crippen molar-refractivity contribution < 1.29 is 13.2 Å². The Balaban J connectivity index is 2.12. The van der Waals surface area contributed by atoms with E-state index in [9.17, 15) is 13.2 Å². The SMILES string of the molecule is CCCNC(c1ccc(Cl)s1)C1CCCC(C(F)(F)F)C1. The Morgan fingerprint density at radius 3 is 2.71 bits per heavy atom. The van der Waals surface area contributed by atoms with E-state index >= 15 is 0 Å². The number of rotatable bonds is 5. The normalized spacial score (nSPS) is 25.0. The molecule has 3 atom stereocenters. The molecule has 6 heteroatoms. The maximum absolute atomic E-state index is 13.0. The zero-order valence-electron chi connectivity index (χ0n) is 12.0. The Morgan fingerprint density at radius 1 is 1.38 bits per heavy atom. The molecule has 1 aromatic heterocycles. The first-order valence-electron chi connectivity index (χ1n) is 7.47. The van der Waals surface area contributed by atoms with Crippen molar-refractivity contribution in [2.75, 3.05) is 6.54 Å². The summed E-state index contributed by atoms with van der Waals surface area (Å²) in [5, 5.41) is 3.43. The van der Waals surface area contributed by atoms with Crippen molar-refractivity contribution in [1.82, 2.24) is 5.32 Å². The van der Waals surface area contributed by atoms with Crippen LogP contribution in [0.3, 0.4) is 0 Å². The second-order valence-electron chi connectivity index (χ2n) is 5.74. The fraction of sp³-hybridized carbons (Fsp3) is 0.733. The highest BCUT2D eigenvalue weighted by Crippen LogP contribution is 2.45. The number of hydrogen-bond donors (Lipinski definition) is 1. The molecule has 0 amide bonds. The van der Waals surface area contributed by atoms with Gasteiger partial charge in [-0.25, -0.2) is 0 Å². The molecule has 1 saturated carbocycles. The molecular formula is C15H21ClF3NS. The van der Waals surface area contributed by atoms with Crippen LogP contribution in [0.4, 0.5) is 13.2 Å². The van der Waals surface area contributed by atoms with Gasteiger partial charge in [-0.3, -0.25) is 0 Å². The molecule has 0 saturated heterocycles. The Morgan fingerprint density at radius 2 is 2.14 bits per heavy atom. The van der Waals surface area contributed by atoms with Crippen LogP contribution in [0, 0.1) is 11.8 Å². The average Bonchev–Trinajstić information content (AvgIpc) is 2.85. The van der Waals surface area contributed by atoms with Crippen LogP contribution in [-0.4, -0.2) is 12.7 Å².